The molecule has 3 heterocycles. The molecule has 0 spiro atoms. The van der Waals surface area contributed by atoms with Crippen LogP contribution >= 0.6 is 22.9 Å². The molecule has 1 aromatic carbocycles. The predicted molar refractivity (Wildman–Crippen MR) is 214 cm³/mol. The summed E-state index contributed by atoms with van der Waals surface area (Å²) in [6.45, 7) is 11.5. The third kappa shape index (κ3) is 7.02. The highest BCUT2D eigenvalue weighted by atomic mass is 35.5. The molecule has 0 unspecified atom stereocenters. The number of phenolic OH excluding ortho intramolecular Hbond substituents is 1. The molecule has 14 nitrogen and oxygen atoms in total. The molecule has 0 radical (unpaired) electrons. The van der Waals surface area contributed by atoms with Crippen molar-refractivity contribution in [2.75, 3.05) is 19.0 Å². The Morgan fingerprint density at radius 3 is 2.42 bits per heavy atom. The van der Waals surface area contributed by atoms with Crippen LogP contribution in [0.15, 0.2) is 23.6 Å². The van der Waals surface area contributed by atoms with E-state index in [1.165, 1.54) is 42.3 Å². The zero-order valence-electron chi connectivity index (χ0n) is 33.4. The molecule has 2 aromatic heterocycles. The molecule has 1 aliphatic heterocycles. The molecule has 306 valence electrons. The Balaban J connectivity index is 1.09. The molecule has 4 N–H and O–H groups in total. The van der Waals surface area contributed by atoms with Crippen LogP contribution in [0.25, 0.3) is 22.3 Å². The van der Waals surface area contributed by atoms with Gasteiger partial charge in [0, 0.05) is 29.3 Å². The first-order valence-electron chi connectivity index (χ1n) is 19.8. The molecule has 0 bridgehead atoms. The number of nitrogens with zero attached hydrogens (tertiary/aromatic N) is 3. The number of benzene rings is 1. The van der Waals surface area contributed by atoms with Gasteiger partial charge in [-0.25, -0.2) is 19.6 Å². The van der Waals surface area contributed by atoms with Crippen LogP contribution in [0, 0.1) is 22.2 Å². The summed E-state index contributed by atoms with van der Waals surface area (Å²) in [6, 6.07) is 2.89. The summed E-state index contributed by atoms with van der Waals surface area (Å²) in [7, 11) is 1.29. The maximum atomic E-state index is 14.8. The number of nitrogens with one attached hydrogen (secondary N) is 3. The minimum atomic E-state index is -1.19. The number of hydrogen-bond acceptors (Lipinski definition) is 12. The Morgan fingerprint density at radius 1 is 1.07 bits per heavy atom. The number of esters is 1. The van der Waals surface area contributed by atoms with Crippen molar-refractivity contribution in [3.05, 3.63) is 28.6 Å². The summed E-state index contributed by atoms with van der Waals surface area (Å²) >= 11 is 8.03. The third-order valence-electron chi connectivity index (χ3n) is 12.8. The van der Waals surface area contributed by atoms with Crippen LogP contribution in [-0.4, -0.2) is 93.4 Å². The molecule has 5 fully saturated rings. The number of rotatable bonds is 12. The average molecular weight is 823 g/mol. The molecule has 8 rings (SSSR count). The van der Waals surface area contributed by atoms with E-state index < -0.39 is 53.0 Å². The highest BCUT2D eigenvalue weighted by Crippen LogP contribution is 2.93. The summed E-state index contributed by atoms with van der Waals surface area (Å²) in [5.74, 6) is -1.43. The fraction of sp³-hybridized carbons (Fsp3) is 0.610. The van der Waals surface area contributed by atoms with E-state index in [1.807, 2.05) is 46.9 Å². The topological polar surface area (TPSA) is 181 Å². The van der Waals surface area contributed by atoms with Crippen molar-refractivity contribution in [1.29, 1.82) is 0 Å². The number of phenols is 1. The Labute approximate surface area is 340 Å². The molecule has 16 heteroatoms. The number of amides is 3. The van der Waals surface area contributed by atoms with E-state index in [0.29, 0.717) is 56.8 Å². The number of hydrogen-bond donors (Lipinski definition) is 4. The van der Waals surface area contributed by atoms with Gasteiger partial charge >= 0.3 is 12.1 Å². The Hall–Kier alpha value is -4.37. The second-order valence-corrected chi connectivity index (χ2v) is 19.4. The highest BCUT2D eigenvalue weighted by molar-refractivity contribution is 7.14. The first-order chi connectivity index (χ1) is 26.9. The Bertz CT molecular complexity index is 2130. The maximum absolute atomic E-state index is 14.8. The lowest BCUT2D eigenvalue weighted by atomic mass is 9.85. The number of aromatic nitrogens is 2. The number of aromatic hydroxyl groups is 1. The Morgan fingerprint density at radius 2 is 1.79 bits per heavy atom. The van der Waals surface area contributed by atoms with Gasteiger partial charge in [0.05, 0.1) is 24.9 Å². The van der Waals surface area contributed by atoms with E-state index in [1.54, 1.807) is 12.1 Å². The van der Waals surface area contributed by atoms with Crippen molar-refractivity contribution in [3.63, 3.8) is 0 Å². The molecule has 4 saturated carbocycles. The fourth-order valence-corrected chi connectivity index (χ4v) is 10.5. The van der Waals surface area contributed by atoms with Gasteiger partial charge in [0.2, 0.25) is 11.8 Å². The standard InChI is InChI=1S/C41H51ClN6O8S/c1-8-21-13-41(21,35(52)54-7)47-33(50)27-11-22(16-48(27)34(51)32(38(4,5)6)46-37(53)56-23-14-39-18-40(39,15-23)19-39)55-29-12-25(26-17-57-36(45-26)43-20(2)3)44-31-24(29)9-10-28(49)30(31)42/h9-10,12,17,20-23,27,32,49H,8,11,13-16,18-19H2,1-7H3,(H,43,45)(H,46,53)(H,47,50)/t21-,22-,23?,27+,32-,39?,40?,41-/m1/s1. The lowest BCUT2D eigenvalue weighted by Crippen LogP contribution is -2.59. The van der Waals surface area contributed by atoms with Gasteiger partial charge in [0.1, 0.15) is 52.0 Å². The summed E-state index contributed by atoms with van der Waals surface area (Å²) < 4.78 is 17.7. The number of halogens is 1. The van der Waals surface area contributed by atoms with Gasteiger partial charge in [-0.05, 0) is 80.2 Å². The Kier molecular flexibility index (Phi) is 9.61. The predicted octanol–water partition coefficient (Wildman–Crippen LogP) is 6.43. The molecular weight excluding hydrogens is 772 g/mol. The molecule has 5 atom stereocenters. The van der Waals surface area contributed by atoms with Gasteiger partial charge < -0.3 is 40.2 Å². The van der Waals surface area contributed by atoms with Gasteiger partial charge in [-0.3, -0.25) is 9.59 Å². The van der Waals surface area contributed by atoms with Crippen molar-refractivity contribution >= 4 is 62.8 Å². The number of thiazole rings is 1. The van der Waals surface area contributed by atoms with Crippen molar-refractivity contribution in [1.82, 2.24) is 25.5 Å². The molecule has 4 aliphatic carbocycles. The molecule has 1 saturated heterocycles. The van der Waals surface area contributed by atoms with Crippen molar-refractivity contribution in [3.8, 4) is 22.9 Å². The number of methoxy groups -OCH3 is 1. The van der Waals surface area contributed by atoms with E-state index in [0.717, 1.165) is 12.8 Å². The van der Waals surface area contributed by atoms with Crippen LogP contribution in [0.2, 0.25) is 5.02 Å². The third-order valence-corrected chi connectivity index (χ3v) is 13.9. The van der Waals surface area contributed by atoms with Crippen molar-refractivity contribution in [2.24, 2.45) is 22.2 Å². The van der Waals surface area contributed by atoms with Gasteiger partial charge in [-0.1, -0.05) is 45.7 Å². The zero-order chi connectivity index (χ0) is 40.8. The molecule has 3 amide bonds. The highest BCUT2D eigenvalue weighted by Gasteiger charge is 2.86. The average Bonchev–Trinajstić information content (AvgIpc) is 3.92. The van der Waals surface area contributed by atoms with E-state index in [2.05, 4.69) is 16.0 Å². The number of pyridine rings is 1. The normalized spacial score (nSPS) is 29.9. The fourth-order valence-electron chi connectivity index (χ4n) is 9.49. The van der Waals surface area contributed by atoms with Crippen LogP contribution < -0.4 is 20.7 Å². The van der Waals surface area contributed by atoms with Crippen LogP contribution in [0.3, 0.4) is 0 Å². The summed E-state index contributed by atoms with van der Waals surface area (Å²) in [4.78, 5) is 66.4. The van der Waals surface area contributed by atoms with E-state index in [4.69, 9.17) is 35.8 Å². The largest absolute Gasteiger partial charge is 0.506 e. The second-order valence-electron chi connectivity index (χ2n) is 18.2. The van der Waals surface area contributed by atoms with Crippen LogP contribution in [0.4, 0.5) is 9.93 Å². The van der Waals surface area contributed by atoms with Crippen molar-refractivity contribution < 1.29 is 38.5 Å². The number of anilines is 1. The number of fused-ring (bicyclic) bond motifs is 1. The van der Waals surface area contributed by atoms with Crippen molar-refractivity contribution in [2.45, 2.75) is 122 Å². The van der Waals surface area contributed by atoms with E-state index in [9.17, 15) is 24.3 Å². The first kappa shape index (κ1) is 39.5. The van der Waals surface area contributed by atoms with Gasteiger partial charge in [-0.15, -0.1) is 11.3 Å². The van der Waals surface area contributed by atoms with Crippen LogP contribution in [-0.2, 0) is 23.9 Å². The zero-order valence-corrected chi connectivity index (χ0v) is 34.9. The summed E-state index contributed by atoms with van der Waals surface area (Å²) in [6.07, 6.45) is 3.75. The monoisotopic (exact) mass is 822 g/mol. The first-order valence-corrected chi connectivity index (χ1v) is 21.1. The smallest absolute Gasteiger partial charge is 0.408 e. The van der Waals surface area contributed by atoms with Gasteiger partial charge in [0.25, 0.3) is 0 Å². The van der Waals surface area contributed by atoms with Gasteiger partial charge in [0.15, 0.2) is 5.13 Å². The number of likely N-dealkylation sites (tertiary alicyclic amines) is 1. The minimum absolute atomic E-state index is 0.0134. The molecule has 57 heavy (non-hydrogen) atoms. The number of alkyl carbamates (subject to hydrolysis) is 1. The van der Waals surface area contributed by atoms with E-state index in [-0.39, 0.29) is 41.8 Å². The summed E-state index contributed by atoms with van der Waals surface area (Å²) in [5.41, 5.74) is 0.0794. The molecule has 5 aliphatic rings. The summed E-state index contributed by atoms with van der Waals surface area (Å²) in [5, 5.41) is 22.8. The van der Waals surface area contributed by atoms with Gasteiger partial charge in [-0.2, -0.15) is 0 Å². The van der Waals surface area contributed by atoms with Crippen LogP contribution in [0.5, 0.6) is 11.5 Å². The molecule has 3 aromatic rings. The maximum Gasteiger partial charge on any atom is 0.408 e. The number of carbonyl (C=O) groups excluding carboxylic acids is 4. The minimum Gasteiger partial charge on any atom is -0.506 e. The van der Waals surface area contributed by atoms with E-state index >= 15 is 0 Å². The second kappa shape index (κ2) is 13.9. The van der Waals surface area contributed by atoms with Crippen LogP contribution in [0.1, 0.15) is 86.5 Å². The SMILES string of the molecule is CC[C@@H]1C[C@]1(NC(=O)[C@@H]1C[C@@H](Oc2cc(-c3csc(NC(C)C)n3)nc3c(Cl)c(O)ccc23)CN1C(=O)[C@@H](NC(=O)OC1CC23CC2(C1)C3)C(C)(C)C)C(=O)OC. The lowest BCUT2D eigenvalue weighted by Gasteiger charge is -2.35. The quantitative estimate of drug-likeness (QED) is 0.148. The number of carbonyl (C=O) groups is 4. The number of ether oxygens (including phenoxy) is 3. The molecular formula is C41H51ClN6O8S. The lowest BCUT2D eigenvalue weighted by molar-refractivity contribution is -0.148.